The van der Waals surface area contributed by atoms with Crippen molar-refractivity contribution in [3.8, 4) is 5.75 Å². The molecule has 0 spiro atoms. The van der Waals surface area contributed by atoms with Crippen molar-refractivity contribution in [1.29, 1.82) is 0 Å². The van der Waals surface area contributed by atoms with E-state index in [1.807, 2.05) is 6.92 Å². The first-order valence-corrected chi connectivity index (χ1v) is 10.7. The predicted octanol–water partition coefficient (Wildman–Crippen LogP) is 2.89. The average molecular weight is 426 g/mol. The summed E-state index contributed by atoms with van der Waals surface area (Å²) in [5.41, 5.74) is 1.15. The van der Waals surface area contributed by atoms with Crippen LogP contribution in [-0.2, 0) is 32.7 Å². The zero-order chi connectivity index (χ0) is 21.3. The molecule has 10 heteroatoms. The van der Waals surface area contributed by atoms with Gasteiger partial charge in [0.15, 0.2) is 0 Å². The maximum Gasteiger partial charge on any atom is 0.529 e. The zero-order valence-electron chi connectivity index (χ0n) is 16.3. The van der Waals surface area contributed by atoms with Crippen molar-refractivity contribution in [2.24, 2.45) is 11.8 Å². The summed E-state index contributed by atoms with van der Waals surface area (Å²) in [7, 11) is -1.47. The number of rotatable bonds is 8. The van der Waals surface area contributed by atoms with Crippen LogP contribution in [0.2, 0.25) is 0 Å². The summed E-state index contributed by atoms with van der Waals surface area (Å²) in [4.78, 5) is 37.4. The monoisotopic (exact) mass is 426 g/mol. The highest BCUT2D eigenvalue weighted by atomic mass is 31.2. The predicted molar refractivity (Wildman–Crippen MR) is 99.7 cm³/mol. The van der Waals surface area contributed by atoms with E-state index in [1.165, 1.54) is 26.4 Å². The van der Waals surface area contributed by atoms with Gasteiger partial charge >= 0.3 is 19.8 Å². The summed E-state index contributed by atoms with van der Waals surface area (Å²) in [5, 5.41) is 9.77. The minimum Gasteiger partial charge on any atom is -0.481 e. The Morgan fingerprint density at radius 1 is 1.17 bits per heavy atom. The molecule has 158 valence electrons. The Bertz CT molecular complexity index is 872. The van der Waals surface area contributed by atoms with Crippen molar-refractivity contribution in [1.82, 2.24) is 0 Å². The largest absolute Gasteiger partial charge is 0.529 e. The van der Waals surface area contributed by atoms with Crippen LogP contribution in [0.5, 0.6) is 5.75 Å². The average Bonchev–Trinajstić information content (AvgIpc) is 2.70. The van der Waals surface area contributed by atoms with Gasteiger partial charge in [0.1, 0.15) is 11.5 Å². The van der Waals surface area contributed by atoms with Crippen LogP contribution >= 0.6 is 7.82 Å². The number of carbonyl (C=O) groups excluding carboxylic acids is 2. The van der Waals surface area contributed by atoms with Crippen LogP contribution in [0.1, 0.15) is 42.7 Å². The summed E-state index contributed by atoms with van der Waals surface area (Å²) >= 11 is 0. The Labute approximate surface area is 167 Å². The number of phosphoric acid groups is 1. The number of ether oxygens (including phenoxy) is 1. The lowest BCUT2D eigenvalue weighted by Crippen LogP contribution is -2.50. The van der Waals surface area contributed by atoms with E-state index >= 15 is 0 Å². The second-order valence-electron chi connectivity index (χ2n) is 7.01. The van der Waals surface area contributed by atoms with Gasteiger partial charge in [0.2, 0.25) is 0 Å². The lowest BCUT2D eigenvalue weighted by Gasteiger charge is -2.45. The molecule has 0 heterocycles. The highest BCUT2D eigenvalue weighted by Crippen LogP contribution is 2.56. The second-order valence-corrected chi connectivity index (χ2v) is 8.81. The number of fused-ring (bicyclic) bond motifs is 2. The number of aliphatic carboxylic acids is 1. The van der Waals surface area contributed by atoms with Gasteiger partial charge in [-0.1, -0.05) is 13.0 Å². The van der Waals surface area contributed by atoms with Crippen molar-refractivity contribution in [2.75, 3.05) is 20.8 Å². The maximum atomic E-state index is 12.7. The van der Waals surface area contributed by atoms with E-state index in [1.54, 1.807) is 6.07 Å². The fraction of sp³-hybridized carbons (Fsp3) is 0.526. The van der Waals surface area contributed by atoms with Gasteiger partial charge in [-0.25, -0.2) is 4.57 Å². The highest BCUT2D eigenvalue weighted by molar-refractivity contribution is 7.48. The molecule has 0 aliphatic heterocycles. The summed E-state index contributed by atoms with van der Waals surface area (Å²) in [5.74, 6) is -5.71. The minimum atomic E-state index is -3.82. The maximum absolute atomic E-state index is 12.7. The normalized spacial score (nSPS) is 25.4. The number of phosphoric ester groups is 1. The van der Waals surface area contributed by atoms with Gasteiger partial charge in [0, 0.05) is 26.6 Å². The molecular formula is C19H23O9P. The molecule has 2 bridgehead atoms. The van der Waals surface area contributed by atoms with Crippen molar-refractivity contribution < 1.29 is 42.4 Å². The number of ketones is 1. The fourth-order valence-corrected chi connectivity index (χ4v) is 4.87. The Morgan fingerprint density at radius 2 is 1.86 bits per heavy atom. The first kappa shape index (κ1) is 21.5. The summed E-state index contributed by atoms with van der Waals surface area (Å²) in [6, 6.07) is 4.64. The third-order valence-electron chi connectivity index (χ3n) is 5.41. The lowest BCUT2D eigenvalue weighted by molar-refractivity contribution is -0.164. The molecule has 0 radical (unpaired) electrons. The molecule has 0 saturated heterocycles. The molecular weight excluding hydrogens is 403 g/mol. The molecule has 4 unspecified atom stereocenters. The second kappa shape index (κ2) is 8.26. The first-order chi connectivity index (χ1) is 13.8. The topological polar surface area (TPSA) is 125 Å². The van der Waals surface area contributed by atoms with Gasteiger partial charge in [0.05, 0.1) is 24.4 Å². The molecule has 1 aromatic carbocycles. The number of hydrogen-bond donors (Lipinski definition) is 1. The lowest BCUT2D eigenvalue weighted by atomic mass is 9.55. The third kappa shape index (κ3) is 3.82. The van der Waals surface area contributed by atoms with Crippen molar-refractivity contribution >= 4 is 25.5 Å². The Balaban J connectivity index is 2.05. The number of carbonyl (C=O) groups is 3. The van der Waals surface area contributed by atoms with E-state index < -0.39 is 43.4 Å². The fourth-order valence-electron chi connectivity index (χ4n) is 4.20. The van der Waals surface area contributed by atoms with E-state index in [2.05, 4.69) is 0 Å². The molecule has 1 aromatic rings. The minimum absolute atomic E-state index is 0.0427. The van der Waals surface area contributed by atoms with Crippen LogP contribution in [0.25, 0.3) is 0 Å². The molecule has 4 rings (SSSR count). The van der Waals surface area contributed by atoms with Crippen LogP contribution in [0.4, 0.5) is 0 Å². The van der Waals surface area contributed by atoms with Gasteiger partial charge in [-0.2, -0.15) is 0 Å². The van der Waals surface area contributed by atoms with E-state index in [9.17, 15) is 24.1 Å². The quantitative estimate of drug-likeness (QED) is 0.493. The molecule has 3 aliphatic carbocycles. The molecule has 4 atom stereocenters. The molecule has 1 N–H and O–H groups in total. The van der Waals surface area contributed by atoms with E-state index in [0.717, 1.165) is 0 Å². The smallest absolute Gasteiger partial charge is 0.481 e. The highest BCUT2D eigenvalue weighted by Gasteiger charge is 2.57. The van der Waals surface area contributed by atoms with Gasteiger partial charge in [-0.05, 0) is 29.7 Å². The molecule has 29 heavy (non-hydrogen) atoms. The van der Waals surface area contributed by atoms with Gasteiger partial charge in [-0.3, -0.25) is 23.4 Å². The number of carboxylic acids is 1. The standard InChI is InChI=1S/C19H23O9P/c1-4-7-27-19(23)17-15-12-8-10(28-29(24,25-2)26-3)5-6-11(12)13(9-14(15)20)16(17)18(21)22/h5-6,8,13,15-17H,4,7,9H2,1-3H3,(H,21,22). The molecule has 1 saturated carbocycles. The Hall–Kier alpha value is -2.22. The molecule has 1 fully saturated rings. The van der Waals surface area contributed by atoms with E-state index in [4.69, 9.17) is 18.3 Å². The van der Waals surface area contributed by atoms with Crippen molar-refractivity contribution in [2.45, 2.75) is 31.6 Å². The zero-order valence-corrected chi connectivity index (χ0v) is 17.2. The van der Waals surface area contributed by atoms with Crippen LogP contribution in [0, 0.1) is 11.8 Å². The number of carboxylic acid groups (broad SMARTS) is 1. The number of Topliss-reactive ketones (excluding diaryl/α,β-unsaturated/α-hetero) is 1. The third-order valence-corrected chi connectivity index (χ3v) is 6.74. The van der Waals surface area contributed by atoms with Crippen molar-refractivity contribution in [3.63, 3.8) is 0 Å². The first-order valence-electron chi connectivity index (χ1n) is 9.23. The molecule has 9 nitrogen and oxygen atoms in total. The van der Waals surface area contributed by atoms with Crippen LogP contribution in [-0.4, -0.2) is 43.7 Å². The SMILES string of the molecule is CCCOC(=O)C1C2C(=O)CC(c3ccc(OP(=O)(OC)OC)cc32)C1C(=O)O. The van der Waals surface area contributed by atoms with Crippen molar-refractivity contribution in [3.05, 3.63) is 29.3 Å². The van der Waals surface area contributed by atoms with Gasteiger partial charge in [0.25, 0.3) is 0 Å². The number of hydrogen-bond acceptors (Lipinski definition) is 8. The van der Waals surface area contributed by atoms with Crippen LogP contribution in [0.3, 0.4) is 0 Å². The molecule has 0 amide bonds. The van der Waals surface area contributed by atoms with Crippen LogP contribution < -0.4 is 4.52 Å². The summed E-state index contributed by atoms with van der Waals surface area (Å²) in [6.07, 6.45) is 0.622. The summed E-state index contributed by atoms with van der Waals surface area (Å²) in [6.45, 7) is 1.97. The number of benzene rings is 1. The van der Waals surface area contributed by atoms with E-state index in [0.29, 0.717) is 17.5 Å². The van der Waals surface area contributed by atoms with Crippen LogP contribution in [0.15, 0.2) is 18.2 Å². The molecule has 3 aliphatic rings. The van der Waals surface area contributed by atoms with Gasteiger partial charge < -0.3 is 14.4 Å². The number of esters is 1. The molecule has 0 aromatic heterocycles. The Morgan fingerprint density at radius 3 is 2.45 bits per heavy atom. The van der Waals surface area contributed by atoms with E-state index in [-0.39, 0.29) is 24.6 Å². The van der Waals surface area contributed by atoms with Gasteiger partial charge in [-0.15, -0.1) is 0 Å². The Kier molecular flexibility index (Phi) is 6.12. The summed E-state index contributed by atoms with van der Waals surface area (Å²) < 4.78 is 32.3.